The van der Waals surface area contributed by atoms with Gasteiger partial charge in [0.1, 0.15) is 17.6 Å². The molecule has 0 aliphatic carbocycles. The minimum atomic E-state index is -0.801. The van der Waals surface area contributed by atoms with E-state index < -0.39 is 6.10 Å². The highest BCUT2D eigenvalue weighted by atomic mass is 16.5. The van der Waals surface area contributed by atoms with Gasteiger partial charge in [-0.2, -0.15) is 0 Å². The minimum Gasteiger partial charge on any atom is -0.508 e. The van der Waals surface area contributed by atoms with Gasteiger partial charge in [0, 0.05) is 37.5 Å². The summed E-state index contributed by atoms with van der Waals surface area (Å²) in [7, 11) is 0. The van der Waals surface area contributed by atoms with Crippen LogP contribution in [0, 0.1) is 0 Å². The number of piperidine rings is 1. The van der Waals surface area contributed by atoms with Gasteiger partial charge in [-0.05, 0) is 42.7 Å². The van der Waals surface area contributed by atoms with E-state index in [2.05, 4.69) is 4.90 Å². The van der Waals surface area contributed by atoms with Gasteiger partial charge in [0.15, 0.2) is 0 Å². The van der Waals surface area contributed by atoms with Crippen LogP contribution >= 0.6 is 0 Å². The number of aliphatic hydroxyl groups excluding tert-OH is 1. The van der Waals surface area contributed by atoms with Gasteiger partial charge in [-0.15, -0.1) is 0 Å². The molecule has 4 atom stereocenters. The first-order valence-corrected chi connectivity index (χ1v) is 9.72. The number of esters is 1. The summed E-state index contributed by atoms with van der Waals surface area (Å²) in [6, 6.07) is 13.7. The van der Waals surface area contributed by atoms with E-state index >= 15 is 0 Å². The Kier molecular flexibility index (Phi) is 5.24. The lowest BCUT2D eigenvalue weighted by molar-refractivity contribution is -0.0172. The molecule has 0 radical (unpaired) electrons. The van der Waals surface area contributed by atoms with Crippen molar-refractivity contribution < 1.29 is 24.9 Å². The molecule has 2 fully saturated rings. The lowest BCUT2D eigenvalue weighted by Crippen LogP contribution is -2.47. The molecule has 2 bridgehead atoms. The Bertz CT molecular complexity index is 806. The number of benzene rings is 2. The zero-order chi connectivity index (χ0) is 19.7. The van der Waals surface area contributed by atoms with E-state index in [0.29, 0.717) is 17.7 Å². The van der Waals surface area contributed by atoms with Crippen molar-refractivity contribution in [2.45, 2.75) is 50.0 Å². The molecular weight excluding hydrogens is 358 g/mol. The SMILES string of the molecule is O=C(OC1C[C@H]2CC[C@@H](C1)N2CC(O)c1cc(O)cc(O)c1)c1ccccc1. The molecule has 3 N–H and O–H groups in total. The van der Waals surface area contributed by atoms with Gasteiger partial charge in [-0.1, -0.05) is 18.2 Å². The first-order chi connectivity index (χ1) is 13.5. The van der Waals surface area contributed by atoms with Crippen molar-refractivity contribution in [3.8, 4) is 11.5 Å². The predicted molar refractivity (Wildman–Crippen MR) is 103 cm³/mol. The largest absolute Gasteiger partial charge is 0.508 e. The Labute approximate surface area is 164 Å². The number of hydrogen-bond donors (Lipinski definition) is 3. The molecule has 28 heavy (non-hydrogen) atoms. The number of phenolic OH excluding ortho intramolecular Hbond substituents is 2. The summed E-state index contributed by atoms with van der Waals surface area (Å²) in [5.41, 5.74) is 1.06. The van der Waals surface area contributed by atoms with Crippen molar-refractivity contribution in [1.82, 2.24) is 4.90 Å². The molecule has 2 heterocycles. The molecule has 0 saturated carbocycles. The molecule has 2 saturated heterocycles. The van der Waals surface area contributed by atoms with Crippen LogP contribution < -0.4 is 0 Å². The average Bonchev–Trinajstić information content (AvgIpc) is 2.90. The number of phenols is 2. The summed E-state index contributed by atoms with van der Waals surface area (Å²) in [5, 5.41) is 29.9. The van der Waals surface area contributed by atoms with Crippen LogP contribution in [0.3, 0.4) is 0 Å². The van der Waals surface area contributed by atoms with Gasteiger partial charge >= 0.3 is 5.97 Å². The number of aromatic hydroxyl groups is 2. The third-order valence-electron chi connectivity index (χ3n) is 5.82. The molecular formula is C22H25NO5. The van der Waals surface area contributed by atoms with Gasteiger partial charge in [-0.3, -0.25) is 4.90 Å². The number of carbonyl (C=O) groups is 1. The maximum atomic E-state index is 12.3. The Balaban J connectivity index is 1.38. The minimum absolute atomic E-state index is 0.0662. The summed E-state index contributed by atoms with van der Waals surface area (Å²) in [6.07, 6.45) is 2.64. The summed E-state index contributed by atoms with van der Waals surface area (Å²) >= 11 is 0. The van der Waals surface area contributed by atoms with Gasteiger partial charge in [0.05, 0.1) is 11.7 Å². The molecule has 2 aliphatic rings. The van der Waals surface area contributed by atoms with Crippen LogP contribution in [0.2, 0.25) is 0 Å². The molecule has 4 rings (SSSR count). The Morgan fingerprint density at radius 3 is 2.25 bits per heavy atom. The maximum absolute atomic E-state index is 12.3. The maximum Gasteiger partial charge on any atom is 0.338 e. The van der Waals surface area contributed by atoms with Crippen molar-refractivity contribution >= 4 is 5.97 Å². The van der Waals surface area contributed by atoms with Crippen molar-refractivity contribution in [3.05, 3.63) is 59.7 Å². The van der Waals surface area contributed by atoms with Crippen LogP contribution in [0.1, 0.15) is 47.7 Å². The number of hydrogen-bond acceptors (Lipinski definition) is 6. The first kappa shape index (κ1) is 18.8. The molecule has 2 aromatic carbocycles. The van der Waals surface area contributed by atoms with Crippen molar-refractivity contribution in [2.75, 3.05) is 6.54 Å². The van der Waals surface area contributed by atoms with Crippen LogP contribution in [0.4, 0.5) is 0 Å². The van der Waals surface area contributed by atoms with E-state index in [1.807, 2.05) is 18.2 Å². The van der Waals surface area contributed by atoms with E-state index in [9.17, 15) is 20.1 Å². The molecule has 0 spiro atoms. The highest BCUT2D eigenvalue weighted by Crippen LogP contribution is 2.38. The predicted octanol–water partition coefficient (Wildman–Crippen LogP) is 2.98. The van der Waals surface area contributed by atoms with E-state index in [1.165, 1.54) is 18.2 Å². The van der Waals surface area contributed by atoms with Crippen LogP contribution in [0.25, 0.3) is 0 Å². The Morgan fingerprint density at radius 1 is 1.04 bits per heavy atom. The smallest absolute Gasteiger partial charge is 0.338 e. The van der Waals surface area contributed by atoms with Gasteiger partial charge < -0.3 is 20.1 Å². The monoisotopic (exact) mass is 383 g/mol. The lowest BCUT2D eigenvalue weighted by atomic mass is 9.98. The fourth-order valence-electron chi connectivity index (χ4n) is 4.53. The molecule has 0 aromatic heterocycles. The van der Waals surface area contributed by atoms with Crippen LogP contribution in [0.15, 0.2) is 48.5 Å². The number of aliphatic hydroxyl groups is 1. The summed E-state index contributed by atoms with van der Waals surface area (Å²) in [6.45, 7) is 0.428. The fraction of sp³-hybridized carbons (Fsp3) is 0.409. The number of fused-ring (bicyclic) bond motifs is 2. The number of ether oxygens (including phenoxy) is 1. The molecule has 148 valence electrons. The third kappa shape index (κ3) is 3.98. The van der Waals surface area contributed by atoms with E-state index in [1.54, 1.807) is 12.1 Å². The number of rotatable bonds is 5. The van der Waals surface area contributed by atoms with Gasteiger partial charge in [0.2, 0.25) is 0 Å². The standard InChI is InChI=1S/C22H25NO5/c24-18-8-15(9-19(25)12-18)21(26)13-23-16-6-7-17(23)11-20(10-16)28-22(27)14-4-2-1-3-5-14/h1-5,8-9,12,16-17,20-21,24-26H,6-7,10-11,13H2/t16-,17+,20?,21?. The summed E-state index contributed by atoms with van der Waals surface area (Å²) < 4.78 is 5.73. The Morgan fingerprint density at radius 2 is 1.64 bits per heavy atom. The molecule has 2 unspecified atom stereocenters. The quantitative estimate of drug-likeness (QED) is 0.688. The normalized spacial score (nSPS) is 25.4. The topological polar surface area (TPSA) is 90.2 Å². The van der Waals surface area contributed by atoms with E-state index in [4.69, 9.17) is 4.74 Å². The van der Waals surface area contributed by atoms with Crippen LogP contribution in [-0.4, -0.2) is 50.9 Å². The first-order valence-electron chi connectivity index (χ1n) is 9.72. The lowest BCUT2D eigenvalue weighted by Gasteiger charge is -2.39. The number of carbonyl (C=O) groups excluding carboxylic acids is 1. The molecule has 0 amide bonds. The molecule has 6 heteroatoms. The summed E-state index contributed by atoms with van der Waals surface area (Å²) in [4.78, 5) is 14.6. The highest BCUT2D eigenvalue weighted by Gasteiger charge is 2.42. The number of nitrogens with zero attached hydrogens (tertiary/aromatic N) is 1. The van der Waals surface area contributed by atoms with Crippen molar-refractivity contribution in [1.29, 1.82) is 0 Å². The van der Waals surface area contributed by atoms with Crippen LogP contribution in [0.5, 0.6) is 11.5 Å². The summed E-state index contributed by atoms with van der Waals surface area (Å²) in [5.74, 6) is -0.416. The van der Waals surface area contributed by atoms with E-state index in [-0.39, 0.29) is 35.7 Å². The third-order valence-corrected chi connectivity index (χ3v) is 5.82. The second-order valence-electron chi connectivity index (χ2n) is 7.75. The van der Waals surface area contributed by atoms with Gasteiger partial charge in [-0.25, -0.2) is 4.79 Å². The zero-order valence-corrected chi connectivity index (χ0v) is 15.6. The van der Waals surface area contributed by atoms with Crippen LogP contribution in [-0.2, 0) is 4.74 Å². The Hall–Kier alpha value is -2.57. The molecule has 2 aromatic rings. The second kappa shape index (κ2) is 7.81. The van der Waals surface area contributed by atoms with Crippen molar-refractivity contribution in [3.63, 3.8) is 0 Å². The fourth-order valence-corrected chi connectivity index (χ4v) is 4.53. The van der Waals surface area contributed by atoms with Crippen molar-refractivity contribution in [2.24, 2.45) is 0 Å². The average molecular weight is 383 g/mol. The second-order valence-corrected chi connectivity index (χ2v) is 7.75. The highest BCUT2D eigenvalue weighted by molar-refractivity contribution is 5.89. The zero-order valence-electron chi connectivity index (χ0n) is 15.6. The van der Waals surface area contributed by atoms with E-state index in [0.717, 1.165) is 25.7 Å². The van der Waals surface area contributed by atoms with Gasteiger partial charge in [0.25, 0.3) is 0 Å². The molecule has 2 aliphatic heterocycles. The molecule has 6 nitrogen and oxygen atoms in total.